The molecule has 0 rings (SSSR count). The summed E-state index contributed by atoms with van der Waals surface area (Å²) in [5, 5.41) is 27.6. The van der Waals surface area contributed by atoms with Crippen molar-refractivity contribution < 1.29 is 47.2 Å². The van der Waals surface area contributed by atoms with E-state index < -0.39 is 59.7 Å². The van der Waals surface area contributed by atoms with Crippen molar-refractivity contribution in [3.63, 3.8) is 0 Å². The van der Waals surface area contributed by atoms with Crippen LogP contribution < -0.4 is 0 Å². The molecule has 140 valence electrons. The molecule has 0 heterocycles. The highest BCUT2D eigenvalue weighted by molar-refractivity contribution is 7.61. The van der Waals surface area contributed by atoms with Gasteiger partial charge in [-0.2, -0.15) is 4.31 Å². The number of aliphatic hydroxyl groups is 3. The van der Waals surface area contributed by atoms with E-state index in [1.165, 1.54) is 27.7 Å². The van der Waals surface area contributed by atoms with E-state index in [-0.39, 0.29) is 0 Å². The normalized spacial score (nSPS) is 18.2. The predicted octanol–water partition coefficient (Wildman–Crippen LogP) is 1.04. The van der Waals surface area contributed by atoms with Crippen molar-refractivity contribution >= 4 is 15.6 Å². The number of phosphoric ester groups is 2. The largest absolute Gasteiger partial charge is 0.483 e. The lowest BCUT2D eigenvalue weighted by Crippen LogP contribution is -2.38. The van der Waals surface area contributed by atoms with Crippen LogP contribution in [0.2, 0.25) is 0 Å². The highest BCUT2D eigenvalue weighted by Crippen LogP contribution is 2.64. The van der Waals surface area contributed by atoms with Gasteiger partial charge in [-0.3, -0.25) is 13.6 Å². The second-order valence-corrected chi connectivity index (χ2v) is 8.72. The average molecular weight is 380 g/mol. The van der Waals surface area contributed by atoms with Crippen molar-refractivity contribution in [3.05, 3.63) is 0 Å². The predicted molar refractivity (Wildman–Crippen MR) is 80.6 cm³/mol. The lowest BCUT2D eigenvalue weighted by molar-refractivity contribution is -0.0356. The van der Waals surface area contributed by atoms with Crippen LogP contribution in [0.4, 0.5) is 0 Å². The third-order valence-electron chi connectivity index (χ3n) is 2.42. The van der Waals surface area contributed by atoms with E-state index in [0.29, 0.717) is 0 Å². The van der Waals surface area contributed by atoms with Gasteiger partial charge in [-0.1, -0.05) is 0 Å². The topological polar surface area (TPSA) is 152 Å². The summed E-state index contributed by atoms with van der Waals surface area (Å²) in [6.07, 6.45) is -1.38. The molecule has 4 N–H and O–H groups in total. The van der Waals surface area contributed by atoms with Crippen molar-refractivity contribution in [2.75, 3.05) is 26.4 Å². The molecule has 0 radical (unpaired) electrons. The molecule has 0 saturated heterocycles. The van der Waals surface area contributed by atoms with Gasteiger partial charge in [0.15, 0.2) is 0 Å². The van der Waals surface area contributed by atoms with Crippen LogP contribution in [0, 0.1) is 5.41 Å². The van der Waals surface area contributed by atoms with E-state index in [9.17, 15) is 29.3 Å². The second-order valence-electron chi connectivity index (χ2n) is 5.55. The molecule has 0 saturated carbocycles. The molecule has 0 bridgehead atoms. The summed E-state index contributed by atoms with van der Waals surface area (Å²) >= 11 is 0. The third kappa shape index (κ3) is 8.69. The summed E-state index contributed by atoms with van der Waals surface area (Å²) in [6, 6.07) is 0. The smallest absolute Gasteiger partial charge is 0.396 e. The number of hydrogen-bond acceptors (Lipinski definition) is 9. The van der Waals surface area contributed by atoms with Gasteiger partial charge in [0.25, 0.3) is 0 Å². The SMILES string of the molecule is CC(C)OP(=O)(O)OP(=O)(OCC(CO)(CO)CO)OC(C)C. The Labute approximate surface area is 135 Å². The fraction of sp³-hybridized carbons (Fsp3) is 1.00. The van der Waals surface area contributed by atoms with Crippen molar-refractivity contribution in [1.82, 2.24) is 0 Å². The van der Waals surface area contributed by atoms with Crippen molar-refractivity contribution in [1.29, 1.82) is 0 Å². The summed E-state index contributed by atoms with van der Waals surface area (Å²) in [7, 11) is -9.30. The Morgan fingerprint density at radius 2 is 1.35 bits per heavy atom. The van der Waals surface area contributed by atoms with Gasteiger partial charge in [-0.15, -0.1) is 0 Å². The van der Waals surface area contributed by atoms with E-state index in [1.807, 2.05) is 0 Å². The fourth-order valence-electron chi connectivity index (χ4n) is 1.25. The molecule has 2 atom stereocenters. The Hall–Kier alpha value is 0.140. The van der Waals surface area contributed by atoms with Gasteiger partial charge in [0.05, 0.1) is 44.1 Å². The number of phosphoric acid groups is 2. The van der Waals surface area contributed by atoms with Crippen LogP contribution in [0.5, 0.6) is 0 Å². The maximum atomic E-state index is 12.5. The van der Waals surface area contributed by atoms with Gasteiger partial charge < -0.3 is 20.2 Å². The molecular formula is C11H26O10P2. The molecule has 2 unspecified atom stereocenters. The molecule has 10 nitrogen and oxygen atoms in total. The van der Waals surface area contributed by atoms with Gasteiger partial charge >= 0.3 is 15.6 Å². The second kappa shape index (κ2) is 9.58. The molecular weight excluding hydrogens is 354 g/mol. The standard InChI is InChI=1S/C11H26O10P2/c1-9(2)19-22(15,16)21-23(17,20-10(3)4)18-8-11(5-12,6-13)7-14/h9-10,12-14H,5-8H2,1-4H3,(H,15,16). The van der Waals surface area contributed by atoms with E-state index in [4.69, 9.17) is 9.05 Å². The Kier molecular flexibility index (Phi) is 9.64. The van der Waals surface area contributed by atoms with Crippen molar-refractivity contribution in [2.45, 2.75) is 39.9 Å². The van der Waals surface area contributed by atoms with Gasteiger partial charge in [0.1, 0.15) is 0 Å². The maximum absolute atomic E-state index is 12.5. The van der Waals surface area contributed by atoms with E-state index in [0.717, 1.165) is 0 Å². The zero-order valence-electron chi connectivity index (χ0n) is 13.6. The van der Waals surface area contributed by atoms with Gasteiger partial charge in [-0.05, 0) is 27.7 Å². The molecule has 0 aliphatic heterocycles. The minimum absolute atomic E-state index is 0.637. The van der Waals surface area contributed by atoms with Crippen LogP contribution in [0.1, 0.15) is 27.7 Å². The fourth-order valence-corrected chi connectivity index (χ4v) is 4.30. The molecule has 12 heteroatoms. The highest BCUT2D eigenvalue weighted by atomic mass is 31.3. The molecule has 0 aromatic rings. The van der Waals surface area contributed by atoms with Crippen LogP contribution in [-0.2, 0) is 27.0 Å². The molecule has 0 aromatic heterocycles. The van der Waals surface area contributed by atoms with Crippen LogP contribution in [0.15, 0.2) is 0 Å². The summed E-state index contributed by atoms with van der Waals surface area (Å²) in [6.45, 7) is 3.24. The van der Waals surface area contributed by atoms with E-state index in [2.05, 4.69) is 8.83 Å². The molecule has 0 aliphatic rings. The number of rotatable bonds is 12. The van der Waals surface area contributed by atoms with E-state index in [1.54, 1.807) is 0 Å². The lowest BCUT2D eigenvalue weighted by atomic mass is 9.93. The first-order valence-electron chi connectivity index (χ1n) is 6.91. The maximum Gasteiger partial charge on any atom is 0.483 e. The van der Waals surface area contributed by atoms with Gasteiger partial charge in [-0.25, -0.2) is 9.13 Å². The molecule has 0 fully saturated rings. The van der Waals surface area contributed by atoms with Crippen LogP contribution >= 0.6 is 15.6 Å². The Morgan fingerprint density at radius 3 is 1.70 bits per heavy atom. The highest BCUT2D eigenvalue weighted by Gasteiger charge is 2.42. The van der Waals surface area contributed by atoms with Gasteiger partial charge in [0.2, 0.25) is 0 Å². The average Bonchev–Trinajstić information content (AvgIpc) is 2.37. The molecule has 0 spiro atoms. The monoisotopic (exact) mass is 380 g/mol. The van der Waals surface area contributed by atoms with E-state index >= 15 is 0 Å². The number of hydrogen-bond donors (Lipinski definition) is 4. The minimum atomic E-state index is -4.73. The summed E-state index contributed by atoms with van der Waals surface area (Å²) < 4.78 is 43.3. The third-order valence-corrected chi connectivity index (χ3v) is 5.86. The zero-order valence-corrected chi connectivity index (χ0v) is 15.4. The molecule has 0 amide bonds. The summed E-state index contributed by atoms with van der Waals surface area (Å²) in [4.78, 5) is 9.57. The Balaban J connectivity index is 5.19. The first kappa shape index (κ1) is 23.1. The Bertz CT molecular complexity index is 426. The van der Waals surface area contributed by atoms with Gasteiger partial charge in [0, 0.05) is 0 Å². The van der Waals surface area contributed by atoms with Crippen molar-refractivity contribution in [3.8, 4) is 0 Å². The van der Waals surface area contributed by atoms with Crippen LogP contribution in [-0.4, -0.2) is 58.8 Å². The quantitative estimate of drug-likeness (QED) is 0.361. The first-order valence-corrected chi connectivity index (χ1v) is 9.87. The summed E-state index contributed by atoms with van der Waals surface area (Å²) in [5.74, 6) is 0. The first-order chi connectivity index (χ1) is 10.4. The van der Waals surface area contributed by atoms with Crippen LogP contribution in [0.3, 0.4) is 0 Å². The molecule has 0 aliphatic carbocycles. The zero-order chi connectivity index (χ0) is 18.3. The summed E-state index contributed by atoms with van der Waals surface area (Å²) in [5.41, 5.74) is -1.52. The number of aliphatic hydroxyl groups excluding tert-OH is 3. The molecule has 0 aromatic carbocycles. The van der Waals surface area contributed by atoms with Crippen LogP contribution in [0.25, 0.3) is 0 Å². The minimum Gasteiger partial charge on any atom is -0.396 e. The Morgan fingerprint density at radius 1 is 0.913 bits per heavy atom. The molecule has 23 heavy (non-hydrogen) atoms. The van der Waals surface area contributed by atoms with Crippen molar-refractivity contribution in [2.24, 2.45) is 5.41 Å². The lowest BCUT2D eigenvalue weighted by Gasteiger charge is -2.29.